The largest absolute Gasteiger partial charge is 0.481 e. The van der Waals surface area contributed by atoms with Crippen molar-refractivity contribution >= 4 is 17.8 Å². The highest BCUT2D eigenvalue weighted by Crippen LogP contribution is 2.42. The average Bonchev–Trinajstić information content (AvgIpc) is 2.80. The summed E-state index contributed by atoms with van der Waals surface area (Å²) in [6.07, 6.45) is 5.08. The van der Waals surface area contributed by atoms with Crippen molar-refractivity contribution in [1.29, 1.82) is 0 Å². The van der Waals surface area contributed by atoms with Gasteiger partial charge >= 0.3 is 0 Å². The molecule has 0 aromatic carbocycles. The number of rotatable bonds is 3. The first-order valence-corrected chi connectivity index (χ1v) is 11.0. The molecule has 0 N–H and O–H groups in total. The molecule has 2 bridgehead atoms. The van der Waals surface area contributed by atoms with Crippen LogP contribution < -0.4 is 9.64 Å². The van der Waals surface area contributed by atoms with Gasteiger partial charge in [-0.3, -0.25) is 9.59 Å². The summed E-state index contributed by atoms with van der Waals surface area (Å²) in [5.74, 6) is 1.79. The molecule has 9 heteroatoms. The van der Waals surface area contributed by atoms with Crippen molar-refractivity contribution in [3.8, 4) is 5.88 Å². The quantitative estimate of drug-likeness (QED) is 0.712. The summed E-state index contributed by atoms with van der Waals surface area (Å²) in [6.45, 7) is 3.79. The molecule has 4 aliphatic heterocycles. The van der Waals surface area contributed by atoms with Gasteiger partial charge in [-0.2, -0.15) is 4.98 Å². The van der Waals surface area contributed by atoms with Crippen LogP contribution in [0, 0.1) is 11.8 Å². The van der Waals surface area contributed by atoms with Crippen molar-refractivity contribution < 1.29 is 19.1 Å². The molecule has 162 valence electrons. The summed E-state index contributed by atoms with van der Waals surface area (Å²) in [4.78, 5) is 41.6. The van der Waals surface area contributed by atoms with Crippen molar-refractivity contribution in [3.63, 3.8) is 0 Å². The van der Waals surface area contributed by atoms with Gasteiger partial charge in [0.05, 0.1) is 20.3 Å². The fourth-order valence-electron chi connectivity index (χ4n) is 5.71. The Morgan fingerprint density at radius 2 is 2.03 bits per heavy atom. The van der Waals surface area contributed by atoms with E-state index in [1.807, 2.05) is 9.80 Å². The number of carbonyl (C=O) groups is 2. The predicted molar refractivity (Wildman–Crippen MR) is 108 cm³/mol. The fourth-order valence-corrected chi connectivity index (χ4v) is 5.71. The fraction of sp³-hybridized carbons (Fsp3) is 0.714. The van der Waals surface area contributed by atoms with Crippen LogP contribution in [0.2, 0.25) is 0 Å². The third-order valence-corrected chi connectivity index (χ3v) is 7.03. The second-order valence-corrected chi connectivity index (χ2v) is 8.70. The van der Waals surface area contributed by atoms with E-state index in [2.05, 4.69) is 14.9 Å². The van der Waals surface area contributed by atoms with Crippen molar-refractivity contribution in [2.75, 3.05) is 51.4 Å². The molecular formula is C21H29N5O4. The number of methoxy groups -OCH3 is 1. The number of aromatic nitrogens is 2. The Balaban J connectivity index is 1.46. The first kappa shape index (κ1) is 19.5. The van der Waals surface area contributed by atoms with Crippen molar-refractivity contribution in [2.45, 2.75) is 37.8 Å². The lowest BCUT2D eigenvalue weighted by molar-refractivity contribution is -0.163. The van der Waals surface area contributed by atoms with Crippen LogP contribution in [-0.4, -0.2) is 90.2 Å². The lowest BCUT2D eigenvalue weighted by Gasteiger charge is -2.56. The smallest absolute Gasteiger partial charge is 0.245 e. The Morgan fingerprint density at radius 1 is 1.23 bits per heavy atom. The van der Waals surface area contributed by atoms with Crippen LogP contribution in [0.25, 0.3) is 0 Å². The van der Waals surface area contributed by atoms with Crippen LogP contribution in [0.15, 0.2) is 12.3 Å². The molecule has 0 unspecified atom stereocenters. The number of piperidine rings is 3. The van der Waals surface area contributed by atoms with Gasteiger partial charge in [0.2, 0.25) is 23.6 Å². The molecule has 4 saturated heterocycles. The van der Waals surface area contributed by atoms with Crippen molar-refractivity contribution in [1.82, 2.24) is 19.8 Å². The van der Waals surface area contributed by atoms with E-state index in [1.54, 1.807) is 19.4 Å². The van der Waals surface area contributed by atoms with Crippen LogP contribution in [0.1, 0.15) is 25.7 Å². The molecule has 4 atom stereocenters. The average molecular weight is 415 g/mol. The Kier molecular flexibility index (Phi) is 5.22. The van der Waals surface area contributed by atoms with Crippen LogP contribution in [0.4, 0.5) is 5.95 Å². The number of fused-ring (bicyclic) bond motifs is 4. The molecule has 9 nitrogen and oxygen atoms in total. The molecule has 1 aromatic rings. The summed E-state index contributed by atoms with van der Waals surface area (Å²) in [5, 5.41) is 0. The molecule has 5 rings (SSSR count). The molecule has 0 radical (unpaired) electrons. The van der Waals surface area contributed by atoms with E-state index >= 15 is 0 Å². The summed E-state index contributed by atoms with van der Waals surface area (Å²) in [7, 11) is 1.60. The second kappa shape index (κ2) is 8.02. The Labute approximate surface area is 176 Å². The van der Waals surface area contributed by atoms with Gasteiger partial charge in [0.15, 0.2) is 0 Å². The minimum atomic E-state index is -0.398. The molecule has 0 saturated carbocycles. The Bertz CT molecular complexity index is 814. The molecule has 5 heterocycles. The number of anilines is 1. The highest BCUT2D eigenvalue weighted by molar-refractivity contribution is 5.89. The van der Waals surface area contributed by atoms with Gasteiger partial charge in [-0.25, -0.2) is 4.98 Å². The van der Waals surface area contributed by atoms with Gasteiger partial charge in [0.25, 0.3) is 0 Å². The Morgan fingerprint density at radius 3 is 2.83 bits per heavy atom. The van der Waals surface area contributed by atoms with Crippen molar-refractivity contribution in [3.05, 3.63) is 12.3 Å². The minimum Gasteiger partial charge on any atom is -0.481 e. The van der Waals surface area contributed by atoms with E-state index in [0.29, 0.717) is 57.0 Å². The maximum Gasteiger partial charge on any atom is 0.245 e. The zero-order chi connectivity index (χ0) is 20.7. The van der Waals surface area contributed by atoms with Crippen LogP contribution >= 0.6 is 0 Å². The number of hydrogen-bond acceptors (Lipinski definition) is 7. The highest BCUT2D eigenvalue weighted by Gasteiger charge is 2.53. The predicted octanol–water partition coefficient (Wildman–Crippen LogP) is 0.550. The van der Waals surface area contributed by atoms with E-state index in [4.69, 9.17) is 9.47 Å². The summed E-state index contributed by atoms with van der Waals surface area (Å²) >= 11 is 0. The van der Waals surface area contributed by atoms with Crippen LogP contribution in [0.5, 0.6) is 5.88 Å². The minimum absolute atomic E-state index is 0.0761. The zero-order valence-corrected chi connectivity index (χ0v) is 17.4. The van der Waals surface area contributed by atoms with E-state index in [9.17, 15) is 9.59 Å². The molecule has 0 spiro atoms. The summed E-state index contributed by atoms with van der Waals surface area (Å²) in [6, 6.07) is 1.46. The summed E-state index contributed by atoms with van der Waals surface area (Å²) < 4.78 is 10.7. The molecule has 4 aliphatic rings. The number of ether oxygens (including phenoxy) is 2. The van der Waals surface area contributed by atoms with Crippen LogP contribution in [-0.2, 0) is 14.3 Å². The normalized spacial score (nSPS) is 31.4. The molecular weight excluding hydrogens is 386 g/mol. The highest BCUT2D eigenvalue weighted by atomic mass is 16.5. The molecule has 2 amide bonds. The first-order valence-electron chi connectivity index (χ1n) is 11.0. The van der Waals surface area contributed by atoms with Gasteiger partial charge in [-0.1, -0.05) is 0 Å². The van der Waals surface area contributed by atoms with Gasteiger partial charge in [0, 0.05) is 56.8 Å². The molecule has 0 aliphatic carbocycles. The van der Waals surface area contributed by atoms with E-state index in [-0.39, 0.29) is 23.8 Å². The number of nitrogens with zero attached hydrogens (tertiary/aromatic N) is 5. The monoisotopic (exact) mass is 415 g/mol. The summed E-state index contributed by atoms with van der Waals surface area (Å²) in [5.41, 5.74) is 0. The topological polar surface area (TPSA) is 88.1 Å². The SMILES string of the molecule is COc1ccnc(N2C[C@H]3C[C@@H](C2)[C@H](C(=O)N2CCOCC2)N2C(=O)CCC[C@@H]32)n1. The van der Waals surface area contributed by atoms with Gasteiger partial charge < -0.3 is 24.2 Å². The van der Waals surface area contributed by atoms with Gasteiger partial charge in [-0.05, 0) is 25.2 Å². The van der Waals surface area contributed by atoms with E-state index in [1.165, 1.54) is 0 Å². The van der Waals surface area contributed by atoms with Crippen LogP contribution in [0.3, 0.4) is 0 Å². The maximum atomic E-state index is 13.6. The number of morpholine rings is 1. The number of amides is 2. The van der Waals surface area contributed by atoms with E-state index in [0.717, 1.165) is 25.8 Å². The first-order chi connectivity index (χ1) is 14.7. The van der Waals surface area contributed by atoms with E-state index < -0.39 is 6.04 Å². The third kappa shape index (κ3) is 3.38. The van der Waals surface area contributed by atoms with Crippen molar-refractivity contribution in [2.24, 2.45) is 11.8 Å². The molecule has 30 heavy (non-hydrogen) atoms. The van der Waals surface area contributed by atoms with Gasteiger partial charge in [-0.15, -0.1) is 0 Å². The third-order valence-electron chi connectivity index (χ3n) is 7.03. The van der Waals surface area contributed by atoms with Gasteiger partial charge in [0.1, 0.15) is 6.04 Å². The maximum absolute atomic E-state index is 13.6. The Hall–Kier alpha value is -2.42. The lowest BCUT2D eigenvalue weighted by Crippen LogP contribution is -2.69. The number of carbonyl (C=O) groups excluding carboxylic acids is 2. The second-order valence-electron chi connectivity index (χ2n) is 8.70. The standard InChI is InChI=1S/C21H29N5O4/c1-29-17-5-6-22-21(23-17)25-12-14-11-15(13-25)19(20(28)24-7-9-30-10-8-24)26-16(14)3-2-4-18(26)27/h5-6,14-16,19H,2-4,7-13H2,1H3/t14-,15+,16+,19-/m1/s1. The molecule has 1 aromatic heterocycles. The molecule has 4 fully saturated rings. The lowest BCUT2D eigenvalue weighted by atomic mass is 9.71. The number of hydrogen-bond donors (Lipinski definition) is 0. The zero-order valence-electron chi connectivity index (χ0n) is 17.4.